The molecule has 3 nitrogen and oxygen atoms in total. The zero-order chi connectivity index (χ0) is 10.7. The number of hydrogen-bond acceptors (Lipinski definition) is 2. The molecule has 2 N–H and O–H groups in total. The van der Waals surface area contributed by atoms with Gasteiger partial charge in [0.05, 0.1) is 0 Å². The van der Waals surface area contributed by atoms with Crippen molar-refractivity contribution in [3.8, 4) is 0 Å². The van der Waals surface area contributed by atoms with Crippen LogP contribution in [0, 0.1) is 5.92 Å². The molecule has 14 heavy (non-hydrogen) atoms. The second-order valence-electron chi connectivity index (χ2n) is 3.30. The molecule has 0 aromatic heterocycles. The molecule has 3 heteroatoms. The van der Waals surface area contributed by atoms with Crippen molar-refractivity contribution in [1.82, 2.24) is 5.32 Å². The Hall–Kier alpha value is -1.25. The van der Waals surface area contributed by atoms with Crippen LogP contribution in [0.4, 0.5) is 0 Å². The standard InChI is InChI=1S/C9H11NO2.C2H6/c1-5-6-3-2-4-7(6)10-8(5)9(11)12;1-2/h2-3,6-7,10H,4H2,1H3,(H,11,12);1-2H3. The van der Waals surface area contributed by atoms with Crippen molar-refractivity contribution in [2.45, 2.75) is 33.2 Å². The number of nitrogens with one attached hydrogen (secondary N) is 1. The minimum atomic E-state index is -0.838. The number of hydrogen-bond donors (Lipinski definition) is 2. The van der Waals surface area contributed by atoms with Crippen LogP contribution in [0.1, 0.15) is 27.2 Å². The van der Waals surface area contributed by atoms with Crippen LogP contribution in [0.25, 0.3) is 0 Å². The smallest absolute Gasteiger partial charge is 0.351 e. The molecule has 2 unspecified atom stereocenters. The number of carboxylic acids is 1. The van der Waals surface area contributed by atoms with Crippen LogP contribution in [0.2, 0.25) is 0 Å². The van der Waals surface area contributed by atoms with E-state index in [1.165, 1.54) is 0 Å². The van der Waals surface area contributed by atoms with E-state index in [1.54, 1.807) is 0 Å². The van der Waals surface area contributed by atoms with E-state index in [4.69, 9.17) is 5.11 Å². The van der Waals surface area contributed by atoms with E-state index in [-0.39, 0.29) is 0 Å². The number of carboxylic acid groups (broad SMARTS) is 1. The Kier molecular flexibility index (Phi) is 3.33. The molecule has 0 aromatic rings. The molecule has 0 radical (unpaired) electrons. The van der Waals surface area contributed by atoms with Crippen molar-refractivity contribution < 1.29 is 9.90 Å². The van der Waals surface area contributed by atoms with Gasteiger partial charge in [-0.05, 0) is 18.9 Å². The van der Waals surface area contributed by atoms with Gasteiger partial charge >= 0.3 is 5.97 Å². The summed E-state index contributed by atoms with van der Waals surface area (Å²) in [7, 11) is 0. The number of fused-ring (bicyclic) bond motifs is 1. The highest BCUT2D eigenvalue weighted by Gasteiger charge is 2.34. The van der Waals surface area contributed by atoms with Crippen molar-refractivity contribution in [3.63, 3.8) is 0 Å². The highest BCUT2D eigenvalue weighted by atomic mass is 16.4. The quantitative estimate of drug-likeness (QED) is 0.628. The molecule has 2 atom stereocenters. The lowest BCUT2D eigenvalue weighted by molar-refractivity contribution is -0.133. The second-order valence-corrected chi connectivity index (χ2v) is 3.30. The number of aliphatic carboxylic acids is 1. The molecule has 0 bridgehead atoms. The summed E-state index contributed by atoms with van der Waals surface area (Å²) in [4.78, 5) is 10.7. The van der Waals surface area contributed by atoms with Gasteiger partial charge < -0.3 is 10.4 Å². The van der Waals surface area contributed by atoms with Crippen LogP contribution in [0.3, 0.4) is 0 Å². The predicted molar refractivity (Wildman–Crippen MR) is 55.9 cm³/mol. The van der Waals surface area contributed by atoms with Crippen LogP contribution >= 0.6 is 0 Å². The Labute approximate surface area is 84.5 Å². The molecule has 2 rings (SSSR count). The zero-order valence-corrected chi connectivity index (χ0v) is 8.87. The highest BCUT2D eigenvalue weighted by molar-refractivity contribution is 5.88. The third kappa shape index (κ3) is 1.67. The van der Waals surface area contributed by atoms with Gasteiger partial charge in [0.25, 0.3) is 0 Å². The molecule has 0 saturated carbocycles. The van der Waals surface area contributed by atoms with Crippen LogP contribution in [0.15, 0.2) is 23.4 Å². The van der Waals surface area contributed by atoms with Crippen LogP contribution in [-0.2, 0) is 4.79 Å². The van der Waals surface area contributed by atoms with Gasteiger partial charge in [-0.3, -0.25) is 0 Å². The monoisotopic (exact) mass is 195 g/mol. The van der Waals surface area contributed by atoms with Gasteiger partial charge in [0.15, 0.2) is 0 Å². The molecule has 1 heterocycles. The zero-order valence-electron chi connectivity index (χ0n) is 8.87. The first-order valence-electron chi connectivity index (χ1n) is 5.07. The fraction of sp³-hybridized carbons (Fsp3) is 0.545. The molecule has 0 aromatic carbocycles. The first-order chi connectivity index (χ1) is 6.70. The topological polar surface area (TPSA) is 49.3 Å². The molecule has 1 aliphatic heterocycles. The summed E-state index contributed by atoms with van der Waals surface area (Å²) in [6.07, 6.45) is 5.13. The lowest BCUT2D eigenvalue weighted by Gasteiger charge is -2.09. The molecule has 2 aliphatic rings. The maximum atomic E-state index is 10.7. The van der Waals surface area contributed by atoms with E-state index in [0.29, 0.717) is 17.7 Å². The molecule has 1 aliphatic carbocycles. The molecule has 0 spiro atoms. The molecular weight excluding hydrogens is 178 g/mol. The van der Waals surface area contributed by atoms with Crippen LogP contribution in [-0.4, -0.2) is 17.1 Å². The van der Waals surface area contributed by atoms with E-state index < -0.39 is 5.97 Å². The van der Waals surface area contributed by atoms with E-state index in [2.05, 4.69) is 17.5 Å². The Morgan fingerprint density at radius 1 is 1.57 bits per heavy atom. The molecule has 78 valence electrons. The Morgan fingerprint density at radius 2 is 2.21 bits per heavy atom. The van der Waals surface area contributed by atoms with Crippen molar-refractivity contribution in [3.05, 3.63) is 23.4 Å². The minimum Gasteiger partial charge on any atom is -0.477 e. The second kappa shape index (κ2) is 4.31. The minimum absolute atomic E-state index is 0.302. The van der Waals surface area contributed by atoms with Gasteiger partial charge in [-0.15, -0.1) is 0 Å². The maximum absolute atomic E-state index is 10.7. The first kappa shape index (κ1) is 10.8. The van der Waals surface area contributed by atoms with Crippen LogP contribution in [0.5, 0.6) is 0 Å². The maximum Gasteiger partial charge on any atom is 0.351 e. The highest BCUT2D eigenvalue weighted by Crippen LogP contribution is 2.32. The predicted octanol–water partition coefficient (Wildman–Crippen LogP) is 1.92. The third-order valence-corrected chi connectivity index (χ3v) is 2.60. The normalized spacial score (nSPS) is 27.9. The van der Waals surface area contributed by atoms with E-state index in [9.17, 15) is 4.79 Å². The van der Waals surface area contributed by atoms with Gasteiger partial charge in [-0.25, -0.2) is 4.79 Å². The fourth-order valence-electron chi connectivity index (χ4n) is 1.94. The Bertz CT molecular complexity index is 292. The van der Waals surface area contributed by atoms with Gasteiger partial charge in [-0.2, -0.15) is 0 Å². The van der Waals surface area contributed by atoms with Crippen molar-refractivity contribution in [1.29, 1.82) is 0 Å². The first-order valence-corrected chi connectivity index (χ1v) is 5.07. The molecule has 0 fully saturated rings. The largest absolute Gasteiger partial charge is 0.477 e. The number of carbonyl (C=O) groups is 1. The van der Waals surface area contributed by atoms with Crippen molar-refractivity contribution in [2.75, 3.05) is 0 Å². The van der Waals surface area contributed by atoms with E-state index in [1.807, 2.05) is 20.8 Å². The van der Waals surface area contributed by atoms with Crippen molar-refractivity contribution >= 4 is 5.97 Å². The lowest BCUT2D eigenvalue weighted by atomic mass is 9.99. The van der Waals surface area contributed by atoms with Gasteiger partial charge in [0.2, 0.25) is 0 Å². The summed E-state index contributed by atoms with van der Waals surface area (Å²) >= 11 is 0. The van der Waals surface area contributed by atoms with E-state index >= 15 is 0 Å². The van der Waals surface area contributed by atoms with Crippen LogP contribution < -0.4 is 5.32 Å². The van der Waals surface area contributed by atoms with Gasteiger partial charge in [-0.1, -0.05) is 26.0 Å². The summed E-state index contributed by atoms with van der Waals surface area (Å²) in [6.45, 7) is 5.89. The Morgan fingerprint density at radius 3 is 2.71 bits per heavy atom. The number of rotatable bonds is 1. The summed E-state index contributed by atoms with van der Waals surface area (Å²) < 4.78 is 0. The van der Waals surface area contributed by atoms with E-state index in [0.717, 1.165) is 12.0 Å². The average molecular weight is 195 g/mol. The molecular formula is C11H17NO2. The SMILES string of the molecule is CC.CC1=C(C(=O)O)NC2CC=CC12. The summed E-state index contributed by atoms with van der Waals surface area (Å²) in [5.41, 5.74) is 1.36. The van der Waals surface area contributed by atoms with Crippen molar-refractivity contribution in [2.24, 2.45) is 5.92 Å². The lowest BCUT2D eigenvalue weighted by Crippen LogP contribution is -2.26. The average Bonchev–Trinajstić information content (AvgIpc) is 2.72. The molecule has 0 saturated heterocycles. The summed E-state index contributed by atoms with van der Waals surface area (Å²) in [5.74, 6) is -0.522. The third-order valence-electron chi connectivity index (χ3n) is 2.60. The molecule has 0 amide bonds. The summed E-state index contributed by atoms with van der Waals surface area (Å²) in [5, 5.41) is 11.8. The van der Waals surface area contributed by atoms with Gasteiger partial charge in [0.1, 0.15) is 5.70 Å². The van der Waals surface area contributed by atoms with Gasteiger partial charge in [0, 0.05) is 12.0 Å². The fourth-order valence-corrected chi connectivity index (χ4v) is 1.94. The Balaban J connectivity index is 0.000000461. The summed E-state index contributed by atoms with van der Waals surface area (Å²) in [6, 6.07) is 0.302.